The molecule has 0 radical (unpaired) electrons. The van der Waals surface area contributed by atoms with Crippen molar-refractivity contribution >= 4 is 11.4 Å². The highest BCUT2D eigenvalue weighted by Gasteiger charge is 2.10. The lowest BCUT2D eigenvalue weighted by atomic mass is 10.1. The zero-order valence-electron chi connectivity index (χ0n) is 9.30. The van der Waals surface area contributed by atoms with Crippen molar-refractivity contribution < 1.29 is 4.92 Å². The van der Waals surface area contributed by atoms with E-state index in [0.717, 1.165) is 11.3 Å². The molecule has 0 bridgehead atoms. The Balaban J connectivity index is 2.91. The van der Waals surface area contributed by atoms with Crippen molar-refractivity contribution in [1.82, 2.24) is 0 Å². The lowest BCUT2D eigenvalue weighted by Gasteiger charge is -2.19. The molecule has 0 N–H and O–H groups in total. The molecule has 0 aliphatic heterocycles. The Labute approximate surface area is 94.1 Å². The van der Waals surface area contributed by atoms with Crippen molar-refractivity contribution in [3.05, 3.63) is 33.9 Å². The number of anilines is 1. The van der Waals surface area contributed by atoms with Crippen LogP contribution >= 0.6 is 0 Å². The summed E-state index contributed by atoms with van der Waals surface area (Å²) < 4.78 is 0. The predicted octanol–water partition coefficient (Wildman–Crippen LogP) is 2.25. The van der Waals surface area contributed by atoms with Gasteiger partial charge in [-0.1, -0.05) is 0 Å². The summed E-state index contributed by atoms with van der Waals surface area (Å²) in [5.74, 6) is 0. The molecule has 0 atom stereocenters. The first-order valence-corrected chi connectivity index (χ1v) is 4.89. The Hall–Kier alpha value is -2.09. The standard InChI is InChI=1S/C11H13N3O2/c1-9-8-10(14(15)16)4-5-11(9)13(2)7-3-6-12/h4-5,8H,3,7H2,1-2H3. The van der Waals surface area contributed by atoms with Gasteiger partial charge in [-0.15, -0.1) is 0 Å². The topological polar surface area (TPSA) is 70.2 Å². The van der Waals surface area contributed by atoms with E-state index in [4.69, 9.17) is 5.26 Å². The van der Waals surface area contributed by atoms with Crippen LogP contribution in [0.2, 0.25) is 0 Å². The van der Waals surface area contributed by atoms with E-state index < -0.39 is 4.92 Å². The first-order chi connectivity index (χ1) is 7.56. The maximum atomic E-state index is 10.6. The van der Waals surface area contributed by atoms with Gasteiger partial charge >= 0.3 is 0 Å². The van der Waals surface area contributed by atoms with Gasteiger partial charge in [-0.25, -0.2) is 0 Å². The van der Waals surface area contributed by atoms with Gasteiger partial charge in [-0.2, -0.15) is 5.26 Å². The first-order valence-electron chi connectivity index (χ1n) is 4.89. The number of aryl methyl sites for hydroxylation is 1. The van der Waals surface area contributed by atoms with Crippen molar-refractivity contribution in [1.29, 1.82) is 5.26 Å². The van der Waals surface area contributed by atoms with Gasteiger partial charge in [0.1, 0.15) is 0 Å². The van der Waals surface area contributed by atoms with Gasteiger partial charge in [0, 0.05) is 31.4 Å². The molecule has 5 nitrogen and oxygen atoms in total. The highest BCUT2D eigenvalue weighted by Crippen LogP contribution is 2.23. The summed E-state index contributed by atoms with van der Waals surface area (Å²) in [5.41, 5.74) is 1.85. The van der Waals surface area contributed by atoms with Gasteiger partial charge in [0.05, 0.1) is 17.4 Å². The summed E-state index contributed by atoms with van der Waals surface area (Å²) in [5, 5.41) is 19.0. The van der Waals surface area contributed by atoms with Gasteiger partial charge < -0.3 is 4.90 Å². The molecule has 0 aliphatic rings. The van der Waals surface area contributed by atoms with Crippen molar-refractivity contribution in [3.63, 3.8) is 0 Å². The van der Waals surface area contributed by atoms with Crippen molar-refractivity contribution in [2.45, 2.75) is 13.3 Å². The zero-order chi connectivity index (χ0) is 12.1. The summed E-state index contributed by atoms with van der Waals surface area (Å²) in [6, 6.07) is 6.80. The smallest absolute Gasteiger partial charge is 0.269 e. The summed E-state index contributed by atoms with van der Waals surface area (Å²) in [4.78, 5) is 12.1. The van der Waals surface area contributed by atoms with E-state index in [0.29, 0.717) is 13.0 Å². The molecule has 5 heteroatoms. The van der Waals surface area contributed by atoms with Crippen LogP contribution in [-0.4, -0.2) is 18.5 Å². The molecule has 0 spiro atoms. The lowest BCUT2D eigenvalue weighted by Crippen LogP contribution is -2.19. The first kappa shape index (κ1) is 12.0. The van der Waals surface area contributed by atoms with Crippen LogP contribution in [0, 0.1) is 28.4 Å². The molecule has 0 heterocycles. The van der Waals surface area contributed by atoms with Crippen LogP contribution in [0.5, 0.6) is 0 Å². The van der Waals surface area contributed by atoms with Gasteiger partial charge in [0.2, 0.25) is 0 Å². The number of nitrogens with zero attached hydrogens (tertiary/aromatic N) is 3. The molecule has 0 unspecified atom stereocenters. The van der Waals surface area contributed by atoms with Gasteiger partial charge in [-0.3, -0.25) is 10.1 Å². The van der Waals surface area contributed by atoms with Crippen LogP contribution in [-0.2, 0) is 0 Å². The highest BCUT2D eigenvalue weighted by atomic mass is 16.6. The molecule has 0 saturated heterocycles. The van der Waals surface area contributed by atoms with Crippen molar-refractivity contribution in [2.24, 2.45) is 0 Å². The summed E-state index contributed by atoms with van der Waals surface area (Å²) in [7, 11) is 1.87. The summed E-state index contributed by atoms with van der Waals surface area (Å²) in [6.07, 6.45) is 0.437. The summed E-state index contributed by atoms with van der Waals surface area (Å²) >= 11 is 0. The quantitative estimate of drug-likeness (QED) is 0.575. The number of benzene rings is 1. The fraction of sp³-hybridized carbons (Fsp3) is 0.364. The van der Waals surface area contributed by atoms with Crippen LogP contribution in [0.4, 0.5) is 11.4 Å². The average molecular weight is 219 g/mol. The third-order valence-electron chi connectivity index (χ3n) is 2.36. The fourth-order valence-electron chi connectivity index (χ4n) is 1.52. The van der Waals surface area contributed by atoms with Gasteiger partial charge in [0.25, 0.3) is 5.69 Å². The predicted molar refractivity (Wildman–Crippen MR) is 61.3 cm³/mol. The fourth-order valence-corrected chi connectivity index (χ4v) is 1.52. The van der Waals surface area contributed by atoms with Crippen LogP contribution < -0.4 is 4.90 Å². The highest BCUT2D eigenvalue weighted by molar-refractivity contribution is 5.56. The van der Waals surface area contributed by atoms with E-state index in [2.05, 4.69) is 6.07 Å². The van der Waals surface area contributed by atoms with E-state index in [-0.39, 0.29) is 5.69 Å². The Morgan fingerprint density at radius 2 is 2.25 bits per heavy atom. The molecule has 0 fully saturated rings. The maximum absolute atomic E-state index is 10.6. The van der Waals surface area contributed by atoms with E-state index >= 15 is 0 Å². The van der Waals surface area contributed by atoms with E-state index in [1.54, 1.807) is 6.07 Å². The monoisotopic (exact) mass is 219 g/mol. The number of hydrogen-bond acceptors (Lipinski definition) is 4. The Bertz CT molecular complexity index is 437. The molecule has 0 saturated carbocycles. The molecule has 1 rings (SSSR count). The minimum Gasteiger partial charge on any atom is -0.373 e. The third-order valence-corrected chi connectivity index (χ3v) is 2.36. The number of nitro benzene ring substituents is 1. The normalized spacial score (nSPS) is 9.56. The molecule has 0 amide bonds. The molecule has 84 valence electrons. The molecule has 1 aromatic rings. The number of hydrogen-bond donors (Lipinski definition) is 0. The Morgan fingerprint density at radius 1 is 1.56 bits per heavy atom. The van der Waals surface area contributed by atoms with Gasteiger partial charge in [-0.05, 0) is 18.6 Å². The maximum Gasteiger partial charge on any atom is 0.269 e. The minimum atomic E-state index is -0.411. The molecular weight excluding hydrogens is 206 g/mol. The van der Waals surface area contributed by atoms with Crippen LogP contribution in [0.1, 0.15) is 12.0 Å². The largest absolute Gasteiger partial charge is 0.373 e. The Morgan fingerprint density at radius 3 is 2.75 bits per heavy atom. The number of nitro groups is 1. The van der Waals surface area contributed by atoms with Crippen molar-refractivity contribution in [2.75, 3.05) is 18.5 Å². The van der Waals surface area contributed by atoms with Crippen LogP contribution in [0.25, 0.3) is 0 Å². The van der Waals surface area contributed by atoms with Crippen molar-refractivity contribution in [3.8, 4) is 6.07 Å². The second-order valence-corrected chi connectivity index (χ2v) is 3.56. The second kappa shape index (κ2) is 5.12. The number of non-ortho nitro benzene ring substituents is 1. The van der Waals surface area contributed by atoms with Crippen LogP contribution in [0.15, 0.2) is 18.2 Å². The minimum absolute atomic E-state index is 0.0925. The second-order valence-electron chi connectivity index (χ2n) is 3.56. The number of nitriles is 1. The van der Waals surface area contributed by atoms with E-state index in [9.17, 15) is 10.1 Å². The Kier molecular flexibility index (Phi) is 3.84. The lowest BCUT2D eigenvalue weighted by molar-refractivity contribution is -0.384. The van der Waals surface area contributed by atoms with E-state index in [1.807, 2.05) is 18.9 Å². The zero-order valence-corrected chi connectivity index (χ0v) is 9.30. The van der Waals surface area contributed by atoms with E-state index in [1.165, 1.54) is 12.1 Å². The third kappa shape index (κ3) is 2.70. The van der Waals surface area contributed by atoms with Crippen LogP contribution in [0.3, 0.4) is 0 Å². The number of rotatable bonds is 4. The van der Waals surface area contributed by atoms with Gasteiger partial charge in [0.15, 0.2) is 0 Å². The molecule has 1 aromatic carbocycles. The SMILES string of the molecule is Cc1cc([N+](=O)[O-])ccc1N(C)CCC#N. The average Bonchev–Trinajstić information content (AvgIpc) is 2.25. The molecule has 0 aliphatic carbocycles. The molecule has 0 aromatic heterocycles. The molecular formula is C11H13N3O2. The molecule has 16 heavy (non-hydrogen) atoms. The summed E-state index contributed by atoms with van der Waals surface area (Å²) in [6.45, 7) is 2.44.